The molecule has 0 radical (unpaired) electrons. The van der Waals surface area contributed by atoms with Crippen molar-refractivity contribution in [3.05, 3.63) is 51.8 Å². The van der Waals surface area contributed by atoms with Gasteiger partial charge in [-0.15, -0.1) is 5.11 Å². The minimum atomic E-state index is -0.482. The van der Waals surface area contributed by atoms with Gasteiger partial charge < -0.3 is 9.84 Å². The number of ether oxygens (including phenoxy) is 1. The molecule has 25 heavy (non-hydrogen) atoms. The van der Waals surface area contributed by atoms with Crippen LogP contribution in [-0.2, 0) is 11.3 Å². The van der Waals surface area contributed by atoms with Crippen LogP contribution in [0.4, 0.5) is 11.4 Å². The fourth-order valence-electron chi connectivity index (χ4n) is 2.82. The van der Waals surface area contributed by atoms with Crippen LogP contribution in [0, 0.1) is 18.3 Å². The number of nitriles is 1. The maximum atomic E-state index is 12.8. The molecule has 3 rings (SSSR count). The van der Waals surface area contributed by atoms with Crippen molar-refractivity contribution in [2.24, 2.45) is 10.2 Å². The van der Waals surface area contributed by atoms with Gasteiger partial charge in [-0.2, -0.15) is 10.4 Å². The van der Waals surface area contributed by atoms with Crippen molar-refractivity contribution >= 4 is 11.4 Å². The predicted molar refractivity (Wildman–Crippen MR) is 91.4 cm³/mol. The van der Waals surface area contributed by atoms with Crippen LogP contribution in [0.25, 0.3) is 0 Å². The summed E-state index contributed by atoms with van der Waals surface area (Å²) in [5, 5.41) is 27.8. The molecular weight excluding hydrogens is 320 g/mol. The van der Waals surface area contributed by atoms with E-state index in [1.165, 1.54) is 0 Å². The van der Waals surface area contributed by atoms with Crippen LogP contribution in [0.15, 0.2) is 45.4 Å². The van der Waals surface area contributed by atoms with Gasteiger partial charge in [0.15, 0.2) is 5.69 Å². The standard InChI is InChI=1S/C18H18N4O3/c1-12-15(10-19)17(23)22(11-14-8-5-9-25-14)18(24)16(12)21-20-13-6-3-2-4-7-13/h2-4,6-7,14,23H,5,8-9,11H2,1H3. The molecule has 1 N–H and O–H groups in total. The molecule has 7 nitrogen and oxygen atoms in total. The molecule has 0 amide bonds. The van der Waals surface area contributed by atoms with E-state index in [1.807, 2.05) is 24.3 Å². The average Bonchev–Trinajstić information content (AvgIpc) is 3.13. The van der Waals surface area contributed by atoms with E-state index in [0.29, 0.717) is 17.9 Å². The second-order valence-corrected chi connectivity index (χ2v) is 5.87. The molecule has 1 saturated heterocycles. The Bertz CT molecular complexity index is 891. The average molecular weight is 338 g/mol. The molecule has 128 valence electrons. The van der Waals surface area contributed by atoms with Gasteiger partial charge in [-0.1, -0.05) is 18.2 Å². The van der Waals surface area contributed by atoms with E-state index in [9.17, 15) is 15.2 Å². The van der Waals surface area contributed by atoms with Gasteiger partial charge in [-0.25, -0.2) is 0 Å². The molecule has 0 bridgehead atoms. The molecule has 1 aliphatic heterocycles. The van der Waals surface area contributed by atoms with E-state index in [2.05, 4.69) is 10.2 Å². The fourth-order valence-corrected chi connectivity index (χ4v) is 2.82. The van der Waals surface area contributed by atoms with Crippen molar-refractivity contribution < 1.29 is 9.84 Å². The first-order valence-corrected chi connectivity index (χ1v) is 8.06. The molecule has 1 atom stereocenters. The highest BCUT2D eigenvalue weighted by Crippen LogP contribution is 2.27. The van der Waals surface area contributed by atoms with Crippen LogP contribution >= 0.6 is 0 Å². The number of pyridine rings is 1. The molecule has 2 aromatic rings. The highest BCUT2D eigenvalue weighted by Gasteiger charge is 2.23. The van der Waals surface area contributed by atoms with Crippen LogP contribution in [-0.4, -0.2) is 22.4 Å². The van der Waals surface area contributed by atoms with Crippen molar-refractivity contribution in [3.63, 3.8) is 0 Å². The number of rotatable bonds is 4. The Morgan fingerprint density at radius 1 is 1.36 bits per heavy atom. The van der Waals surface area contributed by atoms with Gasteiger partial charge >= 0.3 is 0 Å². The summed E-state index contributed by atoms with van der Waals surface area (Å²) in [7, 11) is 0. The predicted octanol–water partition coefficient (Wildman–Crippen LogP) is 3.33. The van der Waals surface area contributed by atoms with Crippen molar-refractivity contribution in [2.45, 2.75) is 32.4 Å². The Balaban J connectivity index is 2.06. The molecule has 1 aliphatic rings. The maximum absolute atomic E-state index is 12.8. The maximum Gasteiger partial charge on any atom is 0.281 e. The van der Waals surface area contributed by atoms with Crippen LogP contribution in [0.2, 0.25) is 0 Å². The summed E-state index contributed by atoms with van der Waals surface area (Å²) in [4.78, 5) is 12.8. The smallest absolute Gasteiger partial charge is 0.281 e. The van der Waals surface area contributed by atoms with Gasteiger partial charge in [0, 0.05) is 12.2 Å². The molecule has 1 aromatic carbocycles. The third kappa shape index (κ3) is 3.44. The topological polar surface area (TPSA) is 100.0 Å². The zero-order valence-electron chi connectivity index (χ0n) is 13.8. The number of hydrogen-bond acceptors (Lipinski definition) is 6. The van der Waals surface area contributed by atoms with E-state index in [0.717, 1.165) is 17.4 Å². The van der Waals surface area contributed by atoms with Crippen molar-refractivity contribution in [3.8, 4) is 11.9 Å². The quantitative estimate of drug-likeness (QED) is 0.864. The largest absolute Gasteiger partial charge is 0.493 e. The molecule has 0 aliphatic carbocycles. The highest BCUT2D eigenvalue weighted by molar-refractivity contribution is 5.56. The third-order valence-corrected chi connectivity index (χ3v) is 4.20. The van der Waals surface area contributed by atoms with E-state index in [-0.39, 0.29) is 29.8 Å². The van der Waals surface area contributed by atoms with E-state index in [1.54, 1.807) is 19.1 Å². The van der Waals surface area contributed by atoms with Crippen molar-refractivity contribution in [1.82, 2.24) is 4.57 Å². The lowest BCUT2D eigenvalue weighted by molar-refractivity contribution is 0.0939. The Hall–Kier alpha value is -2.98. The molecule has 1 unspecified atom stereocenters. The first kappa shape index (κ1) is 16.9. The first-order valence-electron chi connectivity index (χ1n) is 8.06. The lowest BCUT2D eigenvalue weighted by Crippen LogP contribution is -2.27. The second-order valence-electron chi connectivity index (χ2n) is 5.87. The zero-order chi connectivity index (χ0) is 17.8. The molecular formula is C18H18N4O3. The lowest BCUT2D eigenvalue weighted by atomic mass is 10.1. The van der Waals surface area contributed by atoms with Gasteiger partial charge in [0.25, 0.3) is 5.56 Å². The Morgan fingerprint density at radius 2 is 2.12 bits per heavy atom. The van der Waals surface area contributed by atoms with Crippen LogP contribution < -0.4 is 5.56 Å². The SMILES string of the molecule is Cc1c(C#N)c(O)n(CC2CCCO2)c(=O)c1N=Nc1ccccc1. The van der Waals surface area contributed by atoms with E-state index >= 15 is 0 Å². The molecule has 1 aromatic heterocycles. The molecule has 1 fully saturated rings. The summed E-state index contributed by atoms with van der Waals surface area (Å²) in [6.07, 6.45) is 1.57. The second kappa shape index (κ2) is 7.28. The highest BCUT2D eigenvalue weighted by atomic mass is 16.5. The van der Waals surface area contributed by atoms with Gasteiger partial charge in [-0.05, 0) is 31.9 Å². The first-order chi connectivity index (χ1) is 12.1. The van der Waals surface area contributed by atoms with Gasteiger partial charge in [-0.3, -0.25) is 9.36 Å². The van der Waals surface area contributed by atoms with E-state index < -0.39 is 5.56 Å². The molecule has 0 saturated carbocycles. The Labute approximate surface area is 144 Å². The normalized spacial score (nSPS) is 17.0. The number of benzene rings is 1. The summed E-state index contributed by atoms with van der Waals surface area (Å²) in [5.41, 5.74) is 0.506. The number of aromatic hydroxyl groups is 1. The number of azo groups is 1. The van der Waals surface area contributed by atoms with Crippen LogP contribution in [0.5, 0.6) is 5.88 Å². The van der Waals surface area contributed by atoms with Crippen LogP contribution in [0.1, 0.15) is 24.0 Å². The van der Waals surface area contributed by atoms with Crippen molar-refractivity contribution in [1.29, 1.82) is 5.26 Å². The summed E-state index contributed by atoms with van der Waals surface area (Å²) in [6, 6.07) is 10.9. The summed E-state index contributed by atoms with van der Waals surface area (Å²) in [6.45, 7) is 2.40. The summed E-state index contributed by atoms with van der Waals surface area (Å²) >= 11 is 0. The number of aromatic nitrogens is 1. The number of nitrogens with zero attached hydrogens (tertiary/aromatic N) is 4. The molecule has 2 heterocycles. The zero-order valence-corrected chi connectivity index (χ0v) is 13.8. The fraction of sp³-hybridized carbons (Fsp3) is 0.333. The molecule has 7 heteroatoms. The summed E-state index contributed by atoms with van der Waals surface area (Å²) in [5.74, 6) is -0.348. The third-order valence-electron chi connectivity index (χ3n) is 4.20. The lowest BCUT2D eigenvalue weighted by Gasteiger charge is -2.16. The van der Waals surface area contributed by atoms with Gasteiger partial charge in [0.2, 0.25) is 5.88 Å². The minimum absolute atomic E-state index is 0.0274. The van der Waals surface area contributed by atoms with E-state index in [4.69, 9.17) is 4.74 Å². The number of hydrogen-bond donors (Lipinski definition) is 1. The van der Waals surface area contributed by atoms with Gasteiger partial charge in [0.1, 0.15) is 11.6 Å². The Morgan fingerprint density at radius 3 is 2.76 bits per heavy atom. The molecule has 0 spiro atoms. The minimum Gasteiger partial charge on any atom is -0.493 e. The van der Waals surface area contributed by atoms with Crippen molar-refractivity contribution in [2.75, 3.05) is 6.61 Å². The monoisotopic (exact) mass is 338 g/mol. The van der Waals surface area contributed by atoms with Crippen LogP contribution in [0.3, 0.4) is 0 Å². The summed E-state index contributed by atoms with van der Waals surface area (Å²) < 4.78 is 6.69. The Kier molecular flexibility index (Phi) is 4.91. The van der Waals surface area contributed by atoms with Gasteiger partial charge in [0.05, 0.1) is 18.3 Å².